The summed E-state index contributed by atoms with van der Waals surface area (Å²) >= 11 is 0. The van der Waals surface area contributed by atoms with Crippen LogP contribution in [0.25, 0.3) is 0 Å². The van der Waals surface area contributed by atoms with E-state index in [0.29, 0.717) is 5.41 Å². The van der Waals surface area contributed by atoms with Gasteiger partial charge in [0.1, 0.15) is 0 Å². The third-order valence-corrected chi connectivity index (χ3v) is 5.53. The van der Waals surface area contributed by atoms with E-state index in [1.165, 1.54) is 51.5 Å². The molecule has 1 aromatic carbocycles. The number of benzene rings is 1. The molecule has 0 N–H and O–H groups in total. The van der Waals surface area contributed by atoms with Crippen LogP contribution in [0.5, 0.6) is 0 Å². The standard InChI is InChI=1S/C18H27N/c1-19(2)14-13-18-12-6-5-8-16(18)11-10-15-7-3-4-9-17(15)18/h3-4,7,9,16H,5-6,8,10-14H2,1-2H3/t16-,18+/m0/s1. The molecular weight excluding hydrogens is 230 g/mol. The van der Waals surface area contributed by atoms with Crippen molar-refractivity contribution in [2.75, 3.05) is 20.6 Å². The van der Waals surface area contributed by atoms with Crippen molar-refractivity contribution in [3.05, 3.63) is 35.4 Å². The maximum Gasteiger partial charge on any atom is -0.000379 e. The van der Waals surface area contributed by atoms with Crippen LogP contribution in [0.3, 0.4) is 0 Å². The zero-order chi connectivity index (χ0) is 13.3. The van der Waals surface area contributed by atoms with Gasteiger partial charge in [0.15, 0.2) is 0 Å². The van der Waals surface area contributed by atoms with E-state index in [2.05, 4.69) is 43.3 Å². The van der Waals surface area contributed by atoms with Crippen molar-refractivity contribution in [1.29, 1.82) is 0 Å². The molecule has 0 aromatic heterocycles. The Labute approximate surface area is 118 Å². The van der Waals surface area contributed by atoms with Gasteiger partial charge in [0, 0.05) is 0 Å². The fourth-order valence-electron chi connectivity index (χ4n) is 4.53. The Hall–Kier alpha value is -0.820. The predicted octanol–water partition coefficient (Wildman–Crippen LogP) is 4.01. The normalized spacial score (nSPS) is 29.9. The maximum atomic E-state index is 2.43. The average molecular weight is 257 g/mol. The summed E-state index contributed by atoms with van der Waals surface area (Å²) in [4.78, 5) is 2.36. The summed E-state index contributed by atoms with van der Waals surface area (Å²) < 4.78 is 0. The number of fused-ring (bicyclic) bond motifs is 3. The topological polar surface area (TPSA) is 3.24 Å². The molecule has 104 valence electrons. The van der Waals surface area contributed by atoms with Gasteiger partial charge in [0.2, 0.25) is 0 Å². The van der Waals surface area contributed by atoms with E-state index in [4.69, 9.17) is 0 Å². The SMILES string of the molecule is CN(C)CC[C@]12CCCC[C@H]1CCc1ccccc12. The molecule has 0 radical (unpaired) electrons. The molecule has 1 aromatic rings. The molecule has 0 amide bonds. The molecule has 19 heavy (non-hydrogen) atoms. The van der Waals surface area contributed by atoms with Crippen LogP contribution in [0.1, 0.15) is 49.7 Å². The second-order valence-electron chi connectivity index (χ2n) is 6.85. The summed E-state index contributed by atoms with van der Waals surface area (Å²) in [5, 5.41) is 0. The van der Waals surface area contributed by atoms with Crippen LogP contribution in [0.15, 0.2) is 24.3 Å². The lowest BCUT2D eigenvalue weighted by molar-refractivity contribution is 0.136. The molecule has 2 atom stereocenters. The van der Waals surface area contributed by atoms with Gasteiger partial charge in [-0.2, -0.15) is 0 Å². The van der Waals surface area contributed by atoms with Crippen LogP contribution in [0.2, 0.25) is 0 Å². The summed E-state index contributed by atoms with van der Waals surface area (Å²) in [5.41, 5.74) is 3.84. The molecule has 1 heteroatoms. The molecule has 0 unspecified atom stereocenters. The van der Waals surface area contributed by atoms with Gasteiger partial charge in [-0.15, -0.1) is 0 Å². The molecule has 0 spiro atoms. The molecule has 3 rings (SSSR count). The second kappa shape index (κ2) is 5.28. The lowest BCUT2D eigenvalue weighted by Gasteiger charge is -2.49. The second-order valence-corrected chi connectivity index (χ2v) is 6.85. The molecule has 1 nitrogen and oxygen atoms in total. The molecule has 0 bridgehead atoms. The number of hydrogen-bond donors (Lipinski definition) is 0. The largest absolute Gasteiger partial charge is 0.309 e. The van der Waals surface area contributed by atoms with Crippen molar-refractivity contribution in [1.82, 2.24) is 4.90 Å². The highest BCUT2D eigenvalue weighted by Gasteiger charge is 2.44. The van der Waals surface area contributed by atoms with Crippen LogP contribution < -0.4 is 0 Å². The number of aryl methyl sites for hydroxylation is 1. The van der Waals surface area contributed by atoms with Crippen molar-refractivity contribution in [3.8, 4) is 0 Å². The average Bonchev–Trinajstić information content (AvgIpc) is 2.45. The Morgan fingerprint density at radius 1 is 1.16 bits per heavy atom. The molecule has 0 aliphatic heterocycles. The first-order valence-corrected chi connectivity index (χ1v) is 7.95. The van der Waals surface area contributed by atoms with Gasteiger partial charge in [-0.25, -0.2) is 0 Å². The third-order valence-electron chi connectivity index (χ3n) is 5.53. The fraction of sp³-hybridized carbons (Fsp3) is 0.667. The van der Waals surface area contributed by atoms with E-state index < -0.39 is 0 Å². The summed E-state index contributed by atoms with van der Waals surface area (Å²) in [6, 6.07) is 9.29. The molecule has 0 heterocycles. The van der Waals surface area contributed by atoms with Crippen LogP contribution in [0.4, 0.5) is 0 Å². The number of hydrogen-bond acceptors (Lipinski definition) is 1. The Morgan fingerprint density at radius 2 is 2.00 bits per heavy atom. The zero-order valence-electron chi connectivity index (χ0n) is 12.5. The Bertz CT molecular complexity index is 437. The van der Waals surface area contributed by atoms with Gasteiger partial charge in [0.05, 0.1) is 0 Å². The smallest absolute Gasteiger partial charge is 0.000379 e. The minimum atomic E-state index is 0.497. The fourth-order valence-corrected chi connectivity index (χ4v) is 4.53. The van der Waals surface area contributed by atoms with E-state index in [1.54, 1.807) is 11.1 Å². The van der Waals surface area contributed by atoms with Crippen molar-refractivity contribution < 1.29 is 0 Å². The summed E-state index contributed by atoms with van der Waals surface area (Å²) in [6.45, 7) is 1.23. The first-order valence-electron chi connectivity index (χ1n) is 7.95. The van der Waals surface area contributed by atoms with Crippen LogP contribution in [-0.2, 0) is 11.8 Å². The van der Waals surface area contributed by atoms with Crippen LogP contribution >= 0.6 is 0 Å². The predicted molar refractivity (Wildman–Crippen MR) is 81.6 cm³/mol. The van der Waals surface area contributed by atoms with Crippen LogP contribution in [0, 0.1) is 5.92 Å². The first kappa shape index (κ1) is 13.2. The number of rotatable bonds is 3. The monoisotopic (exact) mass is 257 g/mol. The van der Waals surface area contributed by atoms with E-state index in [-0.39, 0.29) is 0 Å². The molecule has 1 fully saturated rings. The highest BCUT2D eigenvalue weighted by Crippen LogP contribution is 2.52. The Morgan fingerprint density at radius 3 is 2.84 bits per heavy atom. The third kappa shape index (κ3) is 2.33. The zero-order valence-corrected chi connectivity index (χ0v) is 12.5. The quantitative estimate of drug-likeness (QED) is 0.790. The van der Waals surface area contributed by atoms with E-state index >= 15 is 0 Å². The van der Waals surface area contributed by atoms with Crippen molar-refractivity contribution in [2.45, 2.75) is 50.4 Å². The van der Waals surface area contributed by atoms with Gasteiger partial charge >= 0.3 is 0 Å². The van der Waals surface area contributed by atoms with Crippen molar-refractivity contribution >= 4 is 0 Å². The molecule has 2 aliphatic rings. The van der Waals surface area contributed by atoms with E-state index in [9.17, 15) is 0 Å². The molecule has 1 saturated carbocycles. The van der Waals surface area contributed by atoms with Gasteiger partial charge in [0.25, 0.3) is 0 Å². The first-order chi connectivity index (χ1) is 9.22. The lowest BCUT2D eigenvalue weighted by atomic mass is 9.56. The van der Waals surface area contributed by atoms with E-state index in [0.717, 1.165) is 5.92 Å². The van der Waals surface area contributed by atoms with Gasteiger partial charge in [-0.3, -0.25) is 0 Å². The maximum absolute atomic E-state index is 2.43. The molecule has 0 saturated heterocycles. The lowest BCUT2D eigenvalue weighted by Crippen LogP contribution is -2.43. The molecule has 2 aliphatic carbocycles. The Kier molecular flexibility index (Phi) is 3.66. The summed E-state index contributed by atoms with van der Waals surface area (Å²) in [5.74, 6) is 0.941. The highest BCUT2D eigenvalue weighted by molar-refractivity contribution is 5.38. The van der Waals surface area contributed by atoms with E-state index in [1.807, 2.05) is 0 Å². The van der Waals surface area contributed by atoms with Gasteiger partial charge in [-0.1, -0.05) is 37.1 Å². The Balaban J connectivity index is 1.98. The summed E-state index contributed by atoms with van der Waals surface area (Å²) in [6.07, 6.45) is 9.84. The van der Waals surface area contributed by atoms with Crippen molar-refractivity contribution in [3.63, 3.8) is 0 Å². The van der Waals surface area contributed by atoms with Gasteiger partial charge < -0.3 is 4.90 Å². The van der Waals surface area contributed by atoms with Crippen LogP contribution in [-0.4, -0.2) is 25.5 Å². The van der Waals surface area contributed by atoms with Gasteiger partial charge in [-0.05, 0) is 75.2 Å². The summed E-state index contributed by atoms with van der Waals surface area (Å²) in [7, 11) is 4.42. The van der Waals surface area contributed by atoms with Crippen molar-refractivity contribution in [2.24, 2.45) is 5.92 Å². The molecular formula is C18H27N. The minimum Gasteiger partial charge on any atom is -0.309 e. The number of nitrogens with zero attached hydrogens (tertiary/aromatic N) is 1. The minimum absolute atomic E-state index is 0.497. The highest BCUT2D eigenvalue weighted by atomic mass is 15.0.